The molecule has 0 aliphatic heterocycles. The van der Waals surface area contributed by atoms with Gasteiger partial charge in [-0.1, -0.05) is 49.5 Å². The number of likely N-dealkylation sites (N-methyl/N-ethyl adjacent to an activating group) is 1. The van der Waals surface area contributed by atoms with E-state index in [9.17, 15) is 0 Å². The van der Waals surface area contributed by atoms with E-state index in [1.165, 1.54) is 18.4 Å². The van der Waals surface area contributed by atoms with Gasteiger partial charge >= 0.3 is 0 Å². The second kappa shape index (κ2) is 8.20. The lowest BCUT2D eigenvalue weighted by Gasteiger charge is -2.19. The lowest BCUT2D eigenvalue weighted by atomic mass is 10.1. The number of hydrogen-bond acceptors (Lipinski definition) is 2. The Hall–Kier alpha value is -0.930. The minimum atomic E-state index is 0.593. The van der Waals surface area contributed by atoms with Gasteiger partial charge in [0.2, 0.25) is 0 Å². The Morgan fingerprint density at radius 3 is 2.53 bits per heavy atom. The van der Waals surface area contributed by atoms with E-state index in [4.69, 9.17) is 18.0 Å². The number of unbranched alkanes of at least 4 members (excludes halogenated alkanes) is 1. The van der Waals surface area contributed by atoms with Gasteiger partial charge in [0.15, 0.2) is 0 Å². The van der Waals surface area contributed by atoms with Gasteiger partial charge in [0.1, 0.15) is 0 Å². The molecule has 94 valence electrons. The Kier molecular flexibility index (Phi) is 6.82. The molecule has 1 aromatic carbocycles. The highest BCUT2D eigenvalue weighted by Gasteiger charge is 2.03. The molecule has 0 aromatic heterocycles. The molecule has 0 heterocycles. The molecule has 1 aromatic rings. The summed E-state index contributed by atoms with van der Waals surface area (Å²) in [5.74, 6) is 0. The predicted octanol–water partition coefficient (Wildman–Crippen LogP) is 2.62. The van der Waals surface area contributed by atoms with Crippen LogP contribution in [0.3, 0.4) is 0 Å². The molecule has 0 unspecified atom stereocenters. The van der Waals surface area contributed by atoms with Crippen LogP contribution in [-0.2, 0) is 6.42 Å². The van der Waals surface area contributed by atoms with Crippen molar-refractivity contribution in [2.45, 2.75) is 26.2 Å². The molecular weight excluding hydrogens is 228 g/mol. The van der Waals surface area contributed by atoms with Crippen LogP contribution in [-0.4, -0.2) is 29.5 Å². The van der Waals surface area contributed by atoms with Crippen LogP contribution in [0.4, 0.5) is 0 Å². The van der Waals surface area contributed by atoms with Crippen LogP contribution in [0.1, 0.15) is 25.3 Å². The van der Waals surface area contributed by atoms with Crippen molar-refractivity contribution in [3.63, 3.8) is 0 Å². The van der Waals surface area contributed by atoms with Gasteiger partial charge in [-0.25, -0.2) is 0 Å². The van der Waals surface area contributed by atoms with Crippen LogP contribution in [0.2, 0.25) is 0 Å². The van der Waals surface area contributed by atoms with Crippen molar-refractivity contribution >= 4 is 17.2 Å². The van der Waals surface area contributed by atoms with E-state index in [1.54, 1.807) is 0 Å². The van der Waals surface area contributed by atoms with Crippen LogP contribution in [0, 0.1) is 0 Å². The van der Waals surface area contributed by atoms with E-state index in [0.29, 0.717) is 4.99 Å². The van der Waals surface area contributed by atoms with Crippen LogP contribution in [0.15, 0.2) is 30.3 Å². The van der Waals surface area contributed by atoms with E-state index >= 15 is 0 Å². The number of hydrogen-bond donors (Lipinski definition) is 1. The van der Waals surface area contributed by atoms with Crippen LogP contribution in [0.5, 0.6) is 0 Å². The van der Waals surface area contributed by atoms with Crippen molar-refractivity contribution in [2.75, 3.05) is 19.6 Å². The van der Waals surface area contributed by atoms with Crippen molar-refractivity contribution in [3.05, 3.63) is 35.9 Å². The Labute approximate surface area is 110 Å². The molecule has 0 saturated carbocycles. The van der Waals surface area contributed by atoms with E-state index in [2.05, 4.69) is 42.2 Å². The monoisotopic (exact) mass is 250 g/mol. The summed E-state index contributed by atoms with van der Waals surface area (Å²) in [6, 6.07) is 10.6. The Morgan fingerprint density at radius 1 is 1.24 bits per heavy atom. The molecular formula is C14H22N2S. The summed E-state index contributed by atoms with van der Waals surface area (Å²) in [7, 11) is 0. The molecule has 3 heteroatoms. The first-order chi connectivity index (χ1) is 8.22. The largest absolute Gasteiger partial charge is 0.392 e. The molecule has 0 radical (unpaired) electrons. The second-order valence-electron chi connectivity index (χ2n) is 4.28. The van der Waals surface area contributed by atoms with Gasteiger partial charge < -0.3 is 5.73 Å². The number of nitrogens with zero attached hydrogens (tertiary/aromatic N) is 1. The lowest BCUT2D eigenvalue weighted by molar-refractivity contribution is 0.320. The summed E-state index contributed by atoms with van der Waals surface area (Å²) in [6.07, 6.45) is 3.58. The Bertz CT molecular complexity index is 324. The van der Waals surface area contributed by atoms with Crippen LogP contribution < -0.4 is 5.73 Å². The summed E-state index contributed by atoms with van der Waals surface area (Å²) in [6.45, 7) is 5.00. The van der Waals surface area contributed by atoms with Crippen molar-refractivity contribution in [1.82, 2.24) is 4.90 Å². The molecule has 0 spiro atoms. The maximum Gasteiger partial charge on any atom is 0.0870 e. The van der Waals surface area contributed by atoms with Gasteiger partial charge in [0.05, 0.1) is 4.99 Å². The van der Waals surface area contributed by atoms with Crippen LogP contribution in [0.25, 0.3) is 0 Å². The zero-order chi connectivity index (χ0) is 12.5. The average molecular weight is 250 g/mol. The van der Waals surface area contributed by atoms with Gasteiger partial charge in [0.25, 0.3) is 0 Å². The van der Waals surface area contributed by atoms with E-state index in [0.717, 1.165) is 26.1 Å². The number of rotatable bonds is 8. The van der Waals surface area contributed by atoms with Gasteiger partial charge in [-0.05, 0) is 37.9 Å². The first-order valence-electron chi connectivity index (χ1n) is 6.27. The summed E-state index contributed by atoms with van der Waals surface area (Å²) >= 11 is 4.93. The Balaban J connectivity index is 2.16. The van der Waals surface area contributed by atoms with E-state index in [1.807, 2.05) is 0 Å². The Morgan fingerprint density at radius 2 is 1.94 bits per heavy atom. The minimum absolute atomic E-state index is 0.593. The molecule has 1 rings (SSSR count). The SMILES string of the molecule is CCN(CCCCc1ccccc1)CC(N)=S. The normalized spacial score (nSPS) is 10.7. The zero-order valence-corrected chi connectivity index (χ0v) is 11.4. The third-order valence-electron chi connectivity index (χ3n) is 2.86. The first kappa shape index (κ1) is 14.1. The number of benzene rings is 1. The minimum Gasteiger partial charge on any atom is -0.392 e. The number of thiocarbonyl (C=S) groups is 1. The standard InChI is InChI=1S/C14H22N2S/c1-2-16(12-14(15)17)11-7-6-10-13-8-4-3-5-9-13/h3-5,8-9H,2,6-7,10-12H2,1H3,(H2,15,17). The summed E-state index contributed by atoms with van der Waals surface area (Å²) in [5.41, 5.74) is 6.98. The van der Waals surface area contributed by atoms with Gasteiger partial charge in [-0.15, -0.1) is 0 Å². The molecule has 0 amide bonds. The summed E-state index contributed by atoms with van der Waals surface area (Å²) < 4.78 is 0. The third kappa shape index (κ3) is 6.39. The fourth-order valence-electron chi connectivity index (χ4n) is 1.88. The zero-order valence-electron chi connectivity index (χ0n) is 10.6. The second-order valence-corrected chi connectivity index (χ2v) is 4.80. The quantitative estimate of drug-likeness (QED) is 0.568. The van der Waals surface area contributed by atoms with E-state index < -0.39 is 0 Å². The maximum atomic E-state index is 5.55. The molecule has 0 aliphatic rings. The molecule has 0 saturated heterocycles. The summed E-state index contributed by atoms with van der Waals surface area (Å²) in [5, 5.41) is 0. The molecule has 0 bridgehead atoms. The highest BCUT2D eigenvalue weighted by atomic mass is 32.1. The van der Waals surface area contributed by atoms with Gasteiger partial charge in [-0.2, -0.15) is 0 Å². The first-order valence-corrected chi connectivity index (χ1v) is 6.67. The predicted molar refractivity (Wildman–Crippen MR) is 78.3 cm³/mol. The summed E-state index contributed by atoms with van der Waals surface area (Å²) in [4.78, 5) is 2.89. The molecule has 2 nitrogen and oxygen atoms in total. The maximum absolute atomic E-state index is 5.55. The molecule has 0 fully saturated rings. The molecule has 0 atom stereocenters. The number of nitrogens with two attached hydrogens (primary N) is 1. The van der Waals surface area contributed by atoms with Gasteiger partial charge in [0, 0.05) is 6.54 Å². The smallest absolute Gasteiger partial charge is 0.0870 e. The van der Waals surface area contributed by atoms with Crippen molar-refractivity contribution < 1.29 is 0 Å². The molecule has 17 heavy (non-hydrogen) atoms. The number of aryl methyl sites for hydroxylation is 1. The van der Waals surface area contributed by atoms with Crippen molar-refractivity contribution in [2.24, 2.45) is 5.73 Å². The fourth-order valence-corrected chi connectivity index (χ4v) is 2.06. The lowest BCUT2D eigenvalue weighted by Crippen LogP contribution is -2.33. The molecule has 0 aliphatic carbocycles. The fraction of sp³-hybridized carbons (Fsp3) is 0.500. The van der Waals surface area contributed by atoms with Crippen molar-refractivity contribution in [1.29, 1.82) is 0 Å². The topological polar surface area (TPSA) is 29.3 Å². The van der Waals surface area contributed by atoms with E-state index in [-0.39, 0.29) is 0 Å². The highest BCUT2D eigenvalue weighted by Crippen LogP contribution is 2.05. The van der Waals surface area contributed by atoms with Crippen molar-refractivity contribution in [3.8, 4) is 0 Å². The average Bonchev–Trinajstić information content (AvgIpc) is 2.34. The molecule has 2 N–H and O–H groups in total. The van der Waals surface area contributed by atoms with Gasteiger partial charge in [-0.3, -0.25) is 4.90 Å². The third-order valence-corrected chi connectivity index (χ3v) is 2.99. The highest BCUT2D eigenvalue weighted by molar-refractivity contribution is 7.80. The van der Waals surface area contributed by atoms with Crippen LogP contribution >= 0.6 is 12.2 Å².